The fourth-order valence-corrected chi connectivity index (χ4v) is 2.11. The molecular formula is C16H13N5S. The molecule has 22 heavy (non-hydrogen) atoms. The van der Waals surface area contributed by atoms with Crippen LogP contribution in [0.2, 0.25) is 0 Å². The number of nitrogens with one attached hydrogen (secondary N) is 2. The van der Waals surface area contributed by atoms with Crippen LogP contribution in [0.3, 0.4) is 0 Å². The summed E-state index contributed by atoms with van der Waals surface area (Å²) in [6.45, 7) is 0. The minimum absolute atomic E-state index is 0.409. The molecule has 0 radical (unpaired) electrons. The van der Waals surface area contributed by atoms with E-state index in [1.807, 2.05) is 42.5 Å². The Hall–Kier alpha value is -2.86. The number of hydrogen-bond donors (Lipinski definition) is 2. The van der Waals surface area contributed by atoms with Crippen LogP contribution in [0.5, 0.6) is 0 Å². The van der Waals surface area contributed by atoms with Crippen molar-refractivity contribution in [3.8, 4) is 0 Å². The van der Waals surface area contributed by atoms with Gasteiger partial charge in [0.2, 0.25) is 0 Å². The van der Waals surface area contributed by atoms with Crippen molar-refractivity contribution in [2.75, 3.05) is 5.32 Å². The van der Waals surface area contributed by atoms with Gasteiger partial charge in [0.15, 0.2) is 5.11 Å². The van der Waals surface area contributed by atoms with Crippen molar-refractivity contribution in [3.05, 3.63) is 66.6 Å². The Balaban J connectivity index is 1.62. The Labute approximate surface area is 133 Å². The van der Waals surface area contributed by atoms with E-state index < -0.39 is 0 Å². The topological polar surface area (TPSA) is 62.2 Å². The quantitative estimate of drug-likeness (QED) is 0.442. The first-order valence-electron chi connectivity index (χ1n) is 6.66. The fourth-order valence-electron chi connectivity index (χ4n) is 1.94. The van der Waals surface area contributed by atoms with Gasteiger partial charge in [-0.15, -0.1) is 0 Å². The predicted molar refractivity (Wildman–Crippen MR) is 92.9 cm³/mol. The zero-order chi connectivity index (χ0) is 15.2. The van der Waals surface area contributed by atoms with Crippen LogP contribution in [0, 0.1) is 0 Å². The lowest BCUT2D eigenvalue weighted by molar-refractivity contribution is 1.05. The summed E-state index contributed by atoms with van der Waals surface area (Å²) in [6, 6.07) is 13.6. The number of pyridine rings is 2. The standard InChI is InChI=1S/C16H13N5S/c22-16(20-14-4-2-7-17-11-14)21-19-10-12-5-6-15-13(9-12)3-1-8-18-15/h1-11H,(H2,20,21,22)/b19-10-. The van der Waals surface area contributed by atoms with E-state index in [0.717, 1.165) is 22.2 Å². The molecule has 6 heteroatoms. The molecule has 3 rings (SSSR count). The number of thiocarbonyl (C=S) groups is 1. The van der Waals surface area contributed by atoms with Crippen molar-refractivity contribution in [2.45, 2.75) is 0 Å². The summed E-state index contributed by atoms with van der Waals surface area (Å²) in [5, 5.41) is 8.60. The monoisotopic (exact) mass is 307 g/mol. The number of rotatable bonds is 3. The van der Waals surface area contributed by atoms with E-state index in [1.165, 1.54) is 0 Å². The Morgan fingerprint density at radius 2 is 2.05 bits per heavy atom. The van der Waals surface area contributed by atoms with Crippen LogP contribution in [0.25, 0.3) is 10.9 Å². The van der Waals surface area contributed by atoms with E-state index in [1.54, 1.807) is 24.8 Å². The van der Waals surface area contributed by atoms with E-state index in [2.05, 4.69) is 25.8 Å². The number of hydrazone groups is 1. The van der Waals surface area contributed by atoms with Crippen LogP contribution in [-0.4, -0.2) is 21.3 Å². The van der Waals surface area contributed by atoms with Crippen LogP contribution in [0.1, 0.15) is 5.56 Å². The van der Waals surface area contributed by atoms with Crippen molar-refractivity contribution in [1.82, 2.24) is 15.4 Å². The van der Waals surface area contributed by atoms with Gasteiger partial charge in [-0.05, 0) is 48.1 Å². The Morgan fingerprint density at radius 1 is 1.14 bits per heavy atom. The summed E-state index contributed by atoms with van der Waals surface area (Å²) in [4.78, 5) is 8.28. The number of anilines is 1. The molecule has 0 spiro atoms. The number of aromatic nitrogens is 2. The average Bonchev–Trinajstić information content (AvgIpc) is 2.55. The third kappa shape index (κ3) is 3.62. The van der Waals surface area contributed by atoms with Crippen LogP contribution < -0.4 is 10.7 Å². The van der Waals surface area contributed by atoms with Gasteiger partial charge in [0.25, 0.3) is 0 Å². The molecule has 5 nitrogen and oxygen atoms in total. The summed E-state index contributed by atoms with van der Waals surface area (Å²) in [7, 11) is 0. The number of fused-ring (bicyclic) bond motifs is 1. The van der Waals surface area contributed by atoms with Gasteiger partial charge >= 0.3 is 0 Å². The van der Waals surface area contributed by atoms with E-state index >= 15 is 0 Å². The molecule has 0 unspecified atom stereocenters. The van der Waals surface area contributed by atoms with E-state index in [0.29, 0.717) is 5.11 Å². The lowest BCUT2D eigenvalue weighted by Gasteiger charge is -2.05. The normalized spacial score (nSPS) is 10.7. The summed E-state index contributed by atoms with van der Waals surface area (Å²) in [6.07, 6.45) is 6.88. The third-order valence-corrected chi connectivity index (χ3v) is 3.12. The lowest BCUT2D eigenvalue weighted by Crippen LogP contribution is -2.23. The highest BCUT2D eigenvalue weighted by Crippen LogP contribution is 2.11. The zero-order valence-electron chi connectivity index (χ0n) is 11.6. The van der Waals surface area contributed by atoms with Gasteiger partial charge in [-0.25, -0.2) is 0 Å². The molecular weight excluding hydrogens is 294 g/mol. The number of benzene rings is 1. The molecule has 0 aliphatic carbocycles. The lowest BCUT2D eigenvalue weighted by atomic mass is 10.1. The third-order valence-electron chi connectivity index (χ3n) is 2.93. The molecule has 3 aromatic rings. The second-order valence-corrected chi connectivity index (χ2v) is 4.93. The van der Waals surface area contributed by atoms with Crippen molar-refractivity contribution in [2.24, 2.45) is 5.10 Å². The van der Waals surface area contributed by atoms with E-state index in [-0.39, 0.29) is 0 Å². The van der Waals surface area contributed by atoms with Crippen LogP contribution in [0.15, 0.2) is 66.2 Å². The Kier molecular flexibility index (Phi) is 4.31. The van der Waals surface area contributed by atoms with E-state index in [4.69, 9.17) is 12.2 Å². The molecule has 0 saturated heterocycles. The van der Waals surface area contributed by atoms with Crippen LogP contribution >= 0.6 is 12.2 Å². The minimum Gasteiger partial charge on any atom is -0.330 e. The molecule has 0 bridgehead atoms. The maximum absolute atomic E-state index is 5.15. The second-order valence-electron chi connectivity index (χ2n) is 4.52. The fraction of sp³-hybridized carbons (Fsp3) is 0. The highest BCUT2D eigenvalue weighted by molar-refractivity contribution is 7.80. The molecule has 2 heterocycles. The maximum atomic E-state index is 5.15. The summed E-state index contributed by atoms with van der Waals surface area (Å²) in [5.41, 5.74) is 5.52. The molecule has 0 aliphatic rings. The van der Waals surface area contributed by atoms with Gasteiger partial charge in [-0.2, -0.15) is 5.10 Å². The first kappa shape index (κ1) is 14.1. The minimum atomic E-state index is 0.409. The average molecular weight is 307 g/mol. The molecule has 2 N–H and O–H groups in total. The van der Waals surface area contributed by atoms with Gasteiger partial charge in [0.1, 0.15) is 0 Å². The molecule has 108 valence electrons. The van der Waals surface area contributed by atoms with Gasteiger partial charge < -0.3 is 5.32 Å². The van der Waals surface area contributed by atoms with E-state index in [9.17, 15) is 0 Å². The Bertz CT molecular complexity index is 817. The summed E-state index contributed by atoms with van der Waals surface area (Å²) >= 11 is 5.15. The largest absolute Gasteiger partial charge is 0.330 e. The first-order chi connectivity index (χ1) is 10.8. The second kappa shape index (κ2) is 6.73. The van der Waals surface area contributed by atoms with Crippen molar-refractivity contribution in [3.63, 3.8) is 0 Å². The SMILES string of the molecule is S=C(N/N=C\c1ccc2ncccc2c1)Nc1cccnc1. The van der Waals surface area contributed by atoms with Crippen molar-refractivity contribution >= 4 is 40.1 Å². The molecule has 2 aromatic heterocycles. The first-order valence-corrected chi connectivity index (χ1v) is 7.07. The smallest absolute Gasteiger partial charge is 0.191 e. The highest BCUT2D eigenvalue weighted by Gasteiger charge is 1.96. The van der Waals surface area contributed by atoms with Crippen molar-refractivity contribution in [1.29, 1.82) is 0 Å². The number of nitrogens with zero attached hydrogens (tertiary/aromatic N) is 3. The zero-order valence-corrected chi connectivity index (χ0v) is 12.4. The van der Waals surface area contributed by atoms with Gasteiger partial charge in [0.05, 0.1) is 23.6 Å². The molecule has 0 saturated carbocycles. The molecule has 0 amide bonds. The summed E-state index contributed by atoms with van der Waals surface area (Å²) < 4.78 is 0. The van der Waals surface area contributed by atoms with Crippen molar-refractivity contribution < 1.29 is 0 Å². The Morgan fingerprint density at radius 3 is 2.91 bits per heavy atom. The predicted octanol–water partition coefficient (Wildman–Crippen LogP) is 2.95. The highest BCUT2D eigenvalue weighted by atomic mass is 32.1. The molecule has 0 atom stereocenters. The van der Waals surface area contributed by atoms with Gasteiger partial charge in [0, 0.05) is 17.8 Å². The van der Waals surface area contributed by atoms with Gasteiger partial charge in [-0.1, -0.05) is 12.1 Å². The van der Waals surface area contributed by atoms with Crippen LogP contribution in [0.4, 0.5) is 5.69 Å². The molecule has 0 aliphatic heterocycles. The number of hydrogen-bond acceptors (Lipinski definition) is 4. The van der Waals surface area contributed by atoms with Gasteiger partial charge in [-0.3, -0.25) is 15.4 Å². The van der Waals surface area contributed by atoms with Crippen LogP contribution in [-0.2, 0) is 0 Å². The maximum Gasteiger partial charge on any atom is 0.191 e. The summed E-state index contributed by atoms with van der Waals surface area (Å²) in [5.74, 6) is 0. The molecule has 0 fully saturated rings. The molecule has 1 aromatic carbocycles.